The molecule has 0 radical (unpaired) electrons. The number of nitrogens with one attached hydrogen (secondary N) is 1. The van der Waals surface area contributed by atoms with Gasteiger partial charge in [-0.25, -0.2) is 4.79 Å². The number of carboxylic acid groups (broad SMARTS) is 2. The van der Waals surface area contributed by atoms with Crippen LogP contribution in [0, 0.1) is 5.92 Å². The Morgan fingerprint density at radius 1 is 1.02 bits per heavy atom. The molecular weight excluding hydrogens is 573 g/mol. The molecule has 2 fully saturated rings. The molecule has 2 saturated heterocycles. The van der Waals surface area contributed by atoms with Crippen molar-refractivity contribution < 1.29 is 33.0 Å². The number of benzene rings is 2. The van der Waals surface area contributed by atoms with Crippen molar-refractivity contribution in [3.05, 3.63) is 70.4 Å². The fraction of sp³-hybridized carbons (Fsp3) is 0.433. The molecule has 0 spiro atoms. The van der Waals surface area contributed by atoms with Gasteiger partial charge in [-0.05, 0) is 87.1 Å². The first kappa shape index (κ1) is 31.5. The van der Waals surface area contributed by atoms with E-state index < -0.39 is 18.1 Å². The lowest BCUT2D eigenvalue weighted by Crippen LogP contribution is -2.36. The summed E-state index contributed by atoms with van der Waals surface area (Å²) >= 11 is 6.10. The number of allylic oxidation sites excluding steroid dienone is 1. The van der Waals surface area contributed by atoms with Crippen molar-refractivity contribution in [2.75, 3.05) is 32.7 Å². The maximum Gasteiger partial charge on any atom is 0.490 e. The van der Waals surface area contributed by atoms with E-state index in [1.54, 1.807) is 0 Å². The molecule has 0 unspecified atom stereocenters. The Kier molecular flexibility index (Phi) is 10.6. The number of halogens is 4. The van der Waals surface area contributed by atoms with Gasteiger partial charge >= 0.3 is 18.1 Å². The standard InChI is InChI=1S/C28H33ClN4O2.C2HF3O2/c29-24-6-3-22(4-7-24)18-33-26-17-21(2-1-20-9-13-30-14-10-20)5-8-25(26)28(31-33)23-11-15-32(16-12-23)19-27(34)35;3-2(4,5)1(6)7/h1-8,17,20,23,30H,9-16,18-19H2,(H,34,35);(H,6,7). The van der Waals surface area contributed by atoms with Crippen molar-refractivity contribution in [1.82, 2.24) is 20.0 Å². The highest BCUT2D eigenvalue weighted by Gasteiger charge is 2.38. The largest absolute Gasteiger partial charge is 0.490 e. The minimum Gasteiger partial charge on any atom is -0.480 e. The Hall–Kier alpha value is -3.41. The van der Waals surface area contributed by atoms with Gasteiger partial charge in [-0.3, -0.25) is 14.4 Å². The zero-order valence-corrected chi connectivity index (χ0v) is 23.7. The van der Waals surface area contributed by atoms with E-state index in [4.69, 9.17) is 31.7 Å². The Labute approximate surface area is 246 Å². The van der Waals surface area contributed by atoms with E-state index in [1.165, 1.54) is 23.8 Å². The second-order valence-corrected chi connectivity index (χ2v) is 11.1. The number of rotatable bonds is 7. The van der Waals surface area contributed by atoms with Gasteiger partial charge in [0.1, 0.15) is 0 Å². The molecular formula is C30H34ClF3N4O4. The summed E-state index contributed by atoms with van der Waals surface area (Å²) < 4.78 is 33.9. The molecule has 2 aliphatic heterocycles. The fourth-order valence-electron chi connectivity index (χ4n) is 5.34. The molecule has 8 nitrogen and oxygen atoms in total. The van der Waals surface area contributed by atoms with Crippen LogP contribution in [0.2, 0.25) is 5.02 Å². The fourth-order valence-corrected chi connectivity index (χ4v) is 5.47. The molecule has 5 rings (SSSR count). The number of hydrogen-bond acceptors (Lipinski definition) is 5. The minimum absolute atomic E-state index is 0.116. The molecule has 226 valence electrons. The number of nitrogens with zero attached hydrogens (tertiary/aromatic N) is 3. The van der Waals surface area contributed by atoms with Crippen molar-refractivity contribution in [3.63, 3.8) is 0 Å². The first-order valence-electron chi connectivity index (χ1n) is 13.9. The zero-order chi connectivity index (χ0) is 30.3. The molecule has 3 aromatic rings. The highest BCUT2D eigenvalue weighted by atomic mass is 35.5. The van der Waals surface area contributed by atoms with Gasteiger partial charge in [-0.15, -0.1) is 0 Å². The quantitative estimate of drug-likeness (QED) is 0.319. The van der Waals surface area contributed by atoms with Crippen molar-refractivity contribution in [2.24, 2.45) is 5.92 Å². The van der Waals surface area contributed by atoms with Crippen LogP contribution in [0.25, 0.3) is 17.0 Å². The van der Waals surface area contributed by atoms with E-state index in [0.717, 1.165) is 60.8 Å². The van der Waals surface area contributed by atoms with Crippen LogP contribution >= 0.6 is 11.6 Å². The molecule has 42 heavy (non-hydrogen) atoms. The second kappa shape index (κ2) is 14.2. The van der Waals surface area contributed by atoms with Crippen molar-refractivity contribution >= 4 is 40.5 Å². The van der Waals surface area contributed by atoms with Crippen LogP contribution in [0.4, 0.5) is 13.2 Å². The zero-order valence-electron chi connectivity index (χ0n) is 23.0. The molecule has 0 atom stereocenters. The number of carbonyl (C=O) groups is 2. The first-order valence-corrected chi connectivity index (χ1v) is 14.3. The predicted molar refractivity (Wildman–Crippen MR) is 155 cm³/mol. The number of aromatic nitrogens is 2. The summed E-state index contributed by atoms with van der Waals surface area (Å²) in [7, 11) is 0. The van der Waals surface area contributed by atoms with Crippen molar-refractivity contribution in [1.29, 1.82) is 0 Å². The number of carboxylic acids is 2. The predicted octanol–water partition coefficient (Wildman–Crippen LogP) is 5.65. The monoisotopic (exact) mass is 606 g/mol. The van der Waals surface area contributed by atoms with E-state index in [9.17, 15) is 18.0 Å². The highest BCUT2D eigenvalue weighted by molar-refractivity contribution is 6.30. The van der Waals surface area contributed by atoms with Crippen molar-refractivity contribution in [3.8, 4) is 0 Å². The average Bonchev–Trinajstić information content (AvgIpc) is 3.31. The number of alkyl halides is 3. The molecule has 0 saturated carbocycles. The summed E-state index contributed by atoms with van der Waals surface area (Å²) in [4.78, 5) is 22.0. The van der Waals surface area contributed by atoms with E-state index >= 15 is 0 Å². The highest BCUT2D eigenvalue weighted by Crippen LogP contribution is 2.33. The number of likely N-dealkylation sites (tertiary alicyclic amines) is 1. The van der Waals surface area contributed by atoms with Crippen LogP contribution in [0.1, 0.15) is 48.4 Å². The van der Waals surface area contributed by atoms with E-state index in [2.05, 4.69) is 52.5 Å². The Balaban J connectivity index is 0.000000517. The lowest BCUT2D eigenvalue weighted by molar-refractivity contribution is -0.192. The summed E-state index contributed by atoms with van der Waals surface area (Å²) in [5.41, 5.74) is 4.65. The summed E-state index contributed by atoms with van der Waals surface area (Å²) in [6.45, 7) is 4.57. The molecule has 0 bridgehead atoms. The number of piperidine rings is 2. The van der Waals surface area contributed by atoms with Crippen LogP contribution in [0.5, 0.6) is 0 Å². The first-order chi connectivity index (χ1) is 20.0. The van der Waals surface area contributed by atoms with Gasteiger partial charge in [0.2, 0.25) is 0 Å². The Bertz CT molecular complexity index is 1390. The lowest BCUT2D eigenvalue weighted by atomic mass is 9.91. The molecule has 3 N–H and O–H groups in total. The maximum absolute atomic E-state index is 11.1. The van der Waals surface area contributed by atoms with Crippen molar-refractivity contribution in [2.45, 2.75) is 44.3 Å². The SMILES string of the molecule is O=C(O)C(F)(F)F.O=C(O)CN1CCC(c2nn(Cc3ccc(Cl)cc3)c3cc(C=CC4CCNCC4)ccc23)CC1. The minimum atomic E-state index is -5.08. The summed E-state index contributed by atoms with van der Waals surface area (Å²) in [6.07, 6.45) is 3.78. The van der Waals surface area contributed by atoms with E-state index in [-0.39, 0.29) is 6.54 Å². The molecule has 1 aromatic heterocycles. The van der Waals surface area contributed by atoms with Crippen LogP contribution in [0.15, 0.2) is 48.5 Å². The smallest absolute Gasteiger partial charge is 0.480 e. The Morgan fingerprint density at radius 2 is 1.67 bits per heavy atom. The Morgan fingerprint density at radius 3 is 2.26 bits per heavy atom. The number of hydrogen-bond donors (Lipinski definition) is 3. The third kappa shape index (κ3) is 8.80. The van der Waals surface area contributed by atoms with Gasteiger partial charge in [0.25, 0.3) is 0 Å². The molecule has 0 amide bonds. The van der Waals surface area contributed by atoms with Crippen LogP contribution in [-0.4, -0.2) is 75.7 Å². The molecule has 2 aliphatic rings. The van der Waals surface area contributed by atoms with Crippen LogP contribution in [0.3, 0.4) is 0 Å². The van der Waals surface area contributed by atoms with Gasteiger partial charge in [-0.2, -0.15) is 18.3 Å². The van der Waals surface area contributed by atoms with E-state index in [0.29, 0.717) is 18.4 Å². The summed E-state index contributed by atoms with van der Waals surface area (Å²) in [5, 5.41) is 26.7. The van der Waals surface area contributed by atoms with Gasteiger partial charge in [0.05, 0.1) is 24.3 Å². The van der Waals surface area contributed by atoms with Crippen LogP contribution < -0.4 is 5.32 Å². The van der Waals surface area contributed by atoms with Gasteiger partial charge < -0.3 is 15.5 Å². The topological polar surface area (TPSA) is 108 Å². The molecule has 3 heterocycles. The molecule has 0 aliphatic carbocycles. The molecule has 2 aromatic carbocycles. The maximum atomic E-state index is 11.1. The van der Waals surface area contributed by atoms with E-state index in [1.807, 2.05) is 17.0 Å². The normalized spacial score (nSPS) is 17.3. The summed E-state index contributed by atoms with van der Waals surface area (Å²) in [6, 6.07) is 14.7. The number of aliphatic carboxylic acids is 2. The lowest BCUT2D eigenvalue weighted by Gasteiger charge is -2.30. The molecule has 12 heteroatoms. The van der Waals surface area contributed by atoms with Crippen LogP contribution in [-0.2, 0) is 16.1 Å². The third-order valence-corrected chi connectivity index (χ3v) is 7.82. The second-order valence-electron chi connectivity index (χ2n) is 10.6. The van der Waals surface area contributed by atoms with Gasteiger partial charge in [-0.1, -0.05) is 48.0 Å². The van der Waals surface area contributed by atoms with Gasteiger partial charge in [0.15, 0.2) is 0 Å². The number of fused-ring (bicyclic) bond motifs is 1. The third-order valence-electron chi connectivity index (χ3n) is 7.57. The average molecular weight is 607 g/mol. The van der Waals surface area contributed by atoms with Gasteiger partial charge in [0, 0.05) is 16.3 Å². The summed E-state index contributed by atoms with van der Waals surface area (Å²) in [5.74, 6) is -2.54.